The maximum atomic E-state index is 13.6. The number of rotatable bonds is 21. The standard InChI is InChI=1S/C33H57N7O12/c1-32(2,30(51)34-10-6-5-7-24(23-42)35-31(52)36-25(29(49)50)8-9-26(43)44)33(3,4)40-17-15-37(19-20-41)11-12-38(21-27(45)46)13-14-39(16-18-40)22-28(47)48/h20,23-25H,5-19,21-22H2,1-4H3,(H,34,51)(H,43,44)(H,45,46)(H,47,48)(H,49,50)(H2,35,36,52)/t24-,25-/m0/s1. The van der Waals surface area contributed by atoms with Crippen molar-refractivity contribution >= 4 is 48.4 Å². The van der Waals surface area contributed by atoms with Gasteiger partial charge in [0.05, 0.1) is 31.1 Å². The molecule has 0 aliphatic carbocycles. The number of carboxylic acid groups (broad SMARTS) is 4. The molecule has 7 N–H and O–H groups in total. The Morgan fingerprint density at radius 1 is 0.692 bits per heavy atom. The molecule has 2 atom stereocenters. The molecule has 296 valence electrons. The Kier molecular flexibility index (Phi) is 20.0. The minimum atomic E-state index is -1.44. The van der Waals surface area contributed by atoms with Crippen LogP contribution in [0.3, 0.4) is 0 Å². The molecule has 0 radical (unpaired) electrons. The predicted octanol–water partition coefficient (Wildman–Crippen LogP) is -1.15. The van der Waals surface area contributed by atoms with Gasteiger partial charge in [-0.3, -0.25) is 38.8 Å². The van der Waals surface area contributed by atoms with E-state index < -0.39 is 59.4 Å². The van der Waals surface area contributed by atoms with Crippen molar-refractivity contribution in [3.63, 3.8) is 0 Å². The second-order valence-corrected chi connectivity index (χ2v) is 13.9. The van der Waals surface area contributed by atoms with E-state index >= 15 is 0 Å². The fourth-order valence-electron chi connectivity index (χ4n) is 5.74. The molecule has 3 amide bonds. The number of carbonyl (C=O) groups excluding carboxylic acids is 4. The highest BCUT2D eigenvalue weighted by Crippen LogP contribution is 2.36. The van der Waals surface area contributed by atoms with Crippen LogP contribution >= 0.6 is 0 Å². The minimum absolute atomic E-state index is 0.144. The molecule has 0 bridgehead atoms. The van der Waals surface area contributed by atoms with Gasteiger partial charge in [0.25, 0.3) is 0 Å². The molecule has 52 heavy (non-hydrogen) atoms. The van der Waals surface area contributed by atoms with E-state index in [1.165, 1.54) is 0 Å². The van der Waals surface area contributed by atoms with Crippen LogP contribution in [0.1, 0.15) is 59.8 Å². The molecule has 1 aliphatic rings. The van der Waals surface area contributed by atoms with Gasteiger partial charge in [0.2, 0.25) is 5.91 Å². The minimum Gasteiger partial charge on any atom is -0.481 e. The molecule has 0 aromatic rings. The zero-order valence-electron chi connectivity index (χ0n) is 30.7. The van der Waals surface area contributed by atoms with Crippen LogP contribution in [0, 0.1) is 5.41 Å². The number of carbonyl (C=O) groups is 8. The van der Waals surface area contributed by atoms with Gasteiger partial charge >= 0.3 is 29.9 Å². The first kappa shape index (κ1) is 45.8. The average Bonchev–Trinajstić information content (AvgIpc) is 3.04. The summed E-state index contributed by atoms with van der Waals surface area (Å²) in [4.78, 5) is 102. The molecule has 1 heterocycles. The Morgan fingerprint density at radius 3 is 1.69 bits per heavy atom. The first-order chi connectivity index (χ1) is 24.3. The van der Waals surface area contributed by atoms with Crippen molar-refractivity contribution in [1.29, 1.82) is 0 Å². The smallest absolute Gasteiger partial charge is 0.326 e. The van der Waals surface area contributed by atoms with Gasteiger partial charge in [0, 0.05) is 70.9 Å². The SMILES string of the molecule is CC(C)(C(=O)NCCCC[C@@H](C=O)NC(=O)N[C@@H](CCC(=O)O)C(=O)O)C(C)(C)N1CCN(CC=O)CCN(CC(=O)O)CCN(CC(=O)O)CC1. The zero-order valence-corrected chi connectivity index (χ0v) is 30.7. The van der Waals surface area contributed by atoms with Crippen molar-refractivity contribution in [2.75, 3.05) is 78.5 Å². The number of unbranched alkanes of at least 4 members (excludes halogenated alkanes) is 1. The summed E-state index contributed by atoms with van der Waals surface area (Å²) in [5.74, 6) is -4.88. The molecule has 19 heteroatoms. The Bertz CT molecular complexity index is 1230. The largest absolute Gasteiger partial charge is 0.481 e. The third kappa shape index (κ3) is 16.4. The Hall–Kier alpha value is -4.20. The molecule has 1 rings (SSSR count). The maximum absolute atomic E-state index is 13.6. The molecule has 0 saturated carbocycles. The van der Waals surface area contributed by atoms with E-state index in [1.807, 2.05) is 32.6 Å². The first-order valence-electron chi connectivity index (χ1n) is 17.4. The summed E-state index contributed by atoms with van der Waals surface area (Å²) in [6.07, 6.45) is 1.60. The lowest BCUT2D eigenvalue weighted by Gasteiger charge is -2.49. The van der Waals surface area contributed by atoms with Gasteiger partial charge in [-0.1, -0.05) is 0 Å². The second-order valence-electron chi connectivity index (χ2n) is 13.9. The Balaban J connectivity index is 2.89. The van der Waals surface area contributed by atoms with Crippen molar-refractivity contribution in [3.05, 3.63) is 0 Å². The lowest BCUT2D eigenvalue weighted by molar-refractivity contribution is -0.141. The van der Waals surface area contributed by atoms with Gasteiger partial charge in [-0.25, -0.2) is 9.59 Å². The van der Waals surface area contributed by atoms with Crippen molar-refractivity contribution in [2.24, 2.45) is 5.41 Å². The van der Waals surface area contributed by atoms with E-state index in [9.17, 15) is 53.7 Å². The van der Waals surface area contributed by atoms with Crippen LogP contribution in [0.4, 0.5) is 4.79 Å². The molecular weight excluding hydrogens is 686 g/mol. The van der Waals surface area contributed by atoms with Crippen molar-refractivity contribution < 1.29 is 58.8 Å². The van der Waals surface area contributed by atoms with Gasteiger partial charge in [-0.05, 0) is 53.4 Å². The summed E-state index contributed by atoms with van der Waals surface area (Å²) in [6, 6.07) is -3.30. The fourth-order valence-corrected chi connectivity index (χ4v) is 5.74. The Labute approximate surface area is 304 Å². The van der Waals surface area contributed by atoms with Crippen LogP contribution < -0.4 is 16.0 Å². The topological polar surface area (TPSA) is 267 Å². The summed E-state index contributed by atoms with van der Waals surface area (Å²) in [5.41, 5.74) is -1.74. The number of aliphatic carboxylic acids is 4. The normalized spacial score (nSPS) is 17.4. The van der Waals surface area contributed by atoms with E-state index in [1.54, 1.807) is 9.80 Å². The monoisotopic (exact) mass is 743 g/mol. The van der Waals surface area contributed by atoms with Crippen molar-refractivity contribution in [1.82, 2.24) is 35.6 Å². The summed E-state index contributed by atoms with van der Waals surface area (Å²) < 4.78 is 0. The maximum Gasteiger partial charge on any atom is 0.326 e. The third-order valence-electron chi connectivity index (χ3n) is 9.73. The van der Waals surface area contributed by atoms with Crippen molar-refractivity contribution in [3.8, 4) is 0 Å². The van der Waals surface area contributed by atoms with Gasteiger partial charge in [-0.2, -0.15) is 0 Å². The number of hydrogen-bond donors (Lipinski definition) is 7. The van der Waals surface area contributed by atoms with Gasteiger partial charge in [0.1, 0.15) is 18.6 Å². The van der Waals surface area contributed by atoms with E-state index in [-0.39, 0.29) is 44.9 Å². The summed E-state index contributed by atoms with van der Waals surface area (Å²) >= 11 is 0. The van der Waals surface area contributed by atoms with Gasteiger partial charge in [0.15, 0.2) is 0 Å². The molecule has 1 fully saturated rings. The molecule has 0 unspecified atom stereocenters. The predicted molar refractivity (Wildman–Crippen MR) is 187 cm³/mol. The second kappa shape index (κ2) is 22.7. The first-order valence-corrected chi connectivity index (χ1v) is 17.4. The van der Waals surface area contributed by atoms with E-state index in [0.29, 0.717) is 71.5 Å². The number of carboxylic acids is 4. The number of aldehydes is 2. The van der Waals surface area contributed by atoms with E-state index in [2.05, 4.69) is 20.9 Å². The summed E-state index contributed by atoms with van der Waals surface area (Å²) in [7, 11) is 0. The Morgan fingerprint density at radius 2 is 1.21 bits per heavy atom. The van der Waals surface area contributed by atoms with Gasteiger partial charge < -0.3 is 46.0 Å². The number of nitrogens with one attached hydrogen (secondary N) is 3. The van der Waals surface area contributed by atoms with Crippen LogP contribution in [0.5, 0.6) is 0 Å². The lowest BCUT2D eigenvalue weighted by atomic mass is 9.72. The van der Waals surface area contributed by atoms with Crippen LogP contribution in [0.15, 0.2) is 0 Å². The molecule has 0 aromatic heterocycles. The zero-order chi connectivity index (χ0) is 39.5. The van der Waals surface area contributed by atoms with E-state index in [0.717, 1.165) is 6.29 Å². The highest BCUT2D eigenvalue weighted by Gasteiger charge is 2.46. The quantitative estimate of drug-likeness (QED) is 0.0541. The third-order valence-corrected chi connectivity index (χ3v) is 9.73. The van der Waals surface area contributed by atoms with E-state index in [4.69, 9.17) is 5.11 Å². The average molecular weight is 744 g/mol. The van der Waals surface area contributed by atoms with Crippen LogP contribution in [-0.2, 0) is 33.6 Å². The molecule has 19 nitrogen and oxygen atoms in total. The lowest BCUT2D eigenvalue weighted by Crippen LogP contribution is -2.62. The van der Waals surface area contributed by atoms with Crippen LogP contribution in [0.2, 0.25) is 0 Å². The number of hydrogen-bond acceptors (Lipinski definition) is 12. The number of nitrogens with zero attached hydrogens (tertiary/aromatic N) is 4. The summed E-state index contributed by atoms with van der Waals surface area (Å²) in [6.45, 7) is 10.5. The summed E-state index contributed by atoms with van der Waals surface area (Å²) in [5, 5.41) is 44.4. The molecular formula is C33H57N7O12. The van der Waals surface area contributed by atoms with Gasteiger partial charge in [-0.15, -0.1) is 0 Å². The number of urea groups is 1. The highest BCUT2D eigenvalue weighted by molar-refractivity contribution is 5.84. The molecule has 0 spiro atoms. The highest BCUT2D eigenvalue weighted by atomic mass is 16.4. The molecule has 1 saturated heterocycles. The number of amides is 3. The molecule has 0 aromatic carbocycles. The molecule has 1 aliphatic heterocycles. The fraction of sp³-hybridized carbons (Fsp3) is 0.758. The van der Waals surface area contributed by atoms with Crippen molar-refractivity contribution in [2.45, 2.75) is 77.4 Å². The van der Waals surface area contributed by atoms with Crippen LogP contribution in [-0.4, -0.2) is 185 Å². The van der Waals surface area contributed by atoms with Crippen LogP contribution in [0.25, 0.3) is 0 Å².